The molecule has 2 heterocycles. The van der Waals surface area contributed by atoms with Gasteiger partial charge < -0.3 is 20.4 Å². The van der Waals surface area contributed by atoms with Gasteiger partial charge in [-0.15, -0.1) is 0 Å². The Labute approximate surface area is 272 Å². The van der Waals surface area contributed by atoms with Crippen LogP contribution in [0, 0.1) is 0 Å². The first kappa shape index (κ1) is 38.4. The second-order valence-electron chi connectivity index (χ2n) is 9.16. The molecule has 6 nitrogen and oxygen atoms in total. The number of carbonyl (C=O) groups is 2. The average molecular weight is 611 g/mol. The minimum absolute atomic E-state index is 0.0271. The summed E-state index contributed by atoms with van der Waals surface area (Å²) in [5, 5.41) is 5.84. The Bertz CT molecular complexity index is 1330. The van der Waals surface area contributed by atoms with Crippen molar-refractivity contribution in [3.05, 3.63) is 131 Å². The maximum absolute atomic E-state index is 12.2. The molecule has 0 saturated carbocycles. The molecule has 0 unspecified atom stereocenters. The lowest BCUT2D eigenvalue weighted by Gasteiger charge is -2.28. The number of nitrogens with one attached hydrogen (secondary N) is 2. The van der Waals surface area contributed by atoms with E-state index in [-0.39, 0.29) is 12.1 Å². The van der Waals surface area contributed by atoms with Crippen molar-refractivity contribution in [2.75, 3.05) is 17.2 Å². The van der Waals surface area contributed by atoms with Gasteiger partial charge in [0.05, 0.1) is 0 Å². The summed E-state index contributed by atoms with van der Waals surface area (Å²) < 4.78 is 0. The average Bonchev–Trinajstić information content (AvgIpc) is 3.58. The molecule has 0 radical (unpaired) electrons. The summed E-state index contributed by atoms with van der Waals surface area (Å²) in [6.07, 6.45) is 0.929. The lowest BCUT2D eigenvalue weighted by molar-refractivity contribution is 0.206. The Morgan fingerprint density at radius 3 is 1.18 bits per heavy atom. The van der Waals surface area contributed by atoms with Crippen LogP contribution in [-0.2, 0) is 26.1 Å². The molecule has 0 fully saturated rings. The van der Waals surface area contributed by atoms with Gasteiger partial charge in [0, 0.05) is 37.6 Å². The Hall–Kier alpha value is -4.58. The van der Waals surface area contributed by atoms with E-state index < -0.39 is 0 Å². The van der Waals surface area contributed by atoms with E-state index in [2.05, 4.69) is 41.0 Å². The third-order valence-electron chi connectivity index (χ3n) is 6.60. The standard InChI is InChI=1S/C16H16N2O.C15H14N2O.4C2H6/c19-16(17-15-8-2-1-3-9-15)18-11-10-13-6-4-5-7-14(13)12-18;18-15(16-14-8-2-1-3-9-14)17-10-12-6-4-5-7-13(12)11-17;4*1-2/h1-9H,10-12H2,(H,17,19);1-9H,10-11H2,(H,16,18);4*1-2H3. The molecule has 242 valence electrons. The van der Waals surface area contributed by atoms with Crippen LogP contribution in [-0.4, -0.2) is 28.4 Å². The lowest BCUT2D eigenvalue weighted by Crippen LogP contribution is -2.38. The number of hydrogen-bond acceptors (Lipinski definition) is 2. The van der Waals surface area contributed by atoms with Crippen LogP contribution in [0.4, 0.5) is 21.0 Å². The van der Waals surface area contributed by atoms with Crippen molar-refractivity contribution in [3.8, 4) is 0 Å². The number of rotatable bonds is 2. The minimum Gasteiger partial charge on any atom is -0.320 e. The van der Waals surface area contributed by atoms with E-state index >= 15 is 0 Å². The monoisotopic (exact) mass is 610 g/mol. The predicted octanol–water partition coefficient (Wildman–Crippen LogP) is 10.6. The molecular weight excluding hydrogens is 556 g/mol. The molecule has 4 aromatic rings. The van der Waals surface area contributed by atoms with Crippen molar-refractivity contribution < 1.29 is 9.59 Å². The second-order valence-corrected chi connectivity index (χ2v) is 9.16. The highest BCUT2D eigenvalue weighted by molar-refractivity contribution is 5.90. The molecule has 45 heavy (non-hydrogen) atoms. The van der Waals surface area contributed by atoms with Crippen molar-refractivity contribution in [2.45, 2.75) is 81.4 Å². The molecule has 6 rings (SSSR count). The summed E-state index contributed by atoms with van der Waals surface area (Å²) in [7, 11) is 0. The number of anilines is 2. The Balaban J connectivity index is 0.000000369. The van der Waals surface area contributed by atoms with E-state index in [1.54, 1.807) is 0 Å². The highest BCUT2D eigenvalue weighted by atomic mass is 16.2. The van der Waals surface area contributed by atoms with Crippen LogP contribution in [0.25, 0.3) is 0 Å². The summed E-state index contributed by atoms with van der Waals surface area (Å²) in [5.74, 6) is 0. The van der Waals surface area contributed by atoms with Gasteiger partial charge in [0.1, 0.15) is 0 Å². The van der Waals surface area contributed by atoms with E-state index in [0.29, 0.717) is 19.6 Å². The lowest BCUT2D eigenvalue weighted by atomic mass is 10.0. The van der Waals surface area contributed by atoms with Gasteiger partial charge in [-0.25, -0.2) is 9.59 Å². The summed E-state index contributed by atoms with van der Waals surface area (Å²) in [4.78, 5) is 28.0. The summed E-state index contributed by atoms with van der Waals surface area (Å²) in [6, 6.07) is 35.5. The first-order chi connectivity index (χ1) is 22.2. The fourth-order valence-electron chi connectivity index (χ4n) is 4.59. The SMILES string of the molecule is CC.CC.CC.CC.O=C(Nc1ccccc1)N1CCc2ccccc2C1.O=C(Nc1ccccc1)N1Cc2ccccc2C1. The highest BCUT2D eigenvalue weighted by Crippen LogP contribution is 2.23. The van der Waals surface area contributed by atoms with Gasteiger partial charge in [-0.1, -0.05) is 140 Å². The molecular formula is C39H54N4O2. The van der Waals surface area contributed by atoms with Gasteiger partial charge in [0.2, 0.25) is 0 Å². The molecule has 4 amide bonds. The third kappa shape index (κ3) is 12.5. The Kier molecular flexibility index (Phi) is 19.6. The molecule has 0 atom stereocenters. The highest BCUT2D eigenvalue weighted by Gasteiger charge is 2.23. The first-order valence-corrected chi connectivity index (χ1v) is 16.5. The summed E-state index contributed by atoms with van der Waals surface area (Å²) >= 11 is 0. The summed E-state index contributed by atoms with van der Waals surface area (Å²) in [5.41, 5.74) is 6.74. The van der Waals surface area contributed by atoms with Crippen molar-refractivity contribution >= 4 is 23.4 Å². The van der Waals surface area contributed by atoms with Crippen LogP contribution < -0.4 is 10.6 Å². The van der Waals surface area contributed by atoms with Crippen LogP contribution in [0.1, 0.15) is 77.6 Å². The molecule has 0 aromatic heterocycles. The predicted molar refractivity (Wildman–Crippen MR) is 193 cm³/mol. The van der Waals surface area contributed by atoms with Crippen LogP contribution in [0.5, 0.6) is 0 Å². The minimum atomic E-state index is -0.0441. The number of benzene rings is 4. The van der Waals surface area contributed by atoms with Crippen molar-refractivity contribution in [1.29, 1.82) is 0 Å². The maximum atomic E-state index is 12.2. The number of urea groups is 2. The van der Waals surface area contributed by atoms with E-state index in [9.17, 15) is 9.59 Å². The van der Waals surface area contributed by atoms with Crippen molar-refractivity contribution in [1.82, 2.24) is 9.80 Å². The topological polar surface area (TPSA) is 64.7 Å². The number of fused-ring (bicyclic) bond motifs is 2. The van der Waals surface area contributed by atoms with Crippen molar-refractivity contribution in [2.24, 2.45) is 0 Å². The van der Waals surface area contributed by atoms with Crippen molar-refractivity contribution in [3.63, 3.8) is 0 Å². The second kappa shape index (κ2) is 22.9. The number of amides is 4. The number of nitrogens with zero attached hydrogens (tertiary/aromatic N) is 2. The Morgan fingerprint density at radius 2 is 0.756 bits per heavy atom. The Morgan fingerprint density at radius 1 is 0.444 bits per heavy atom. The zero-order valence-corrected chi connectivity index (χ0v) is 28.6. The quantitative estimate of drug-likeness (QED) is 0.237. The molecule has 6 heteroatoms. The summed E-state index contributed by atoms with van der Waals surface area (Å²) in [6.45, 7) is 18.8. The van der Waals surface area contributed by atoms with Gasteiger partial charge in [0.25, 0.3) is 0 Å². The van der Waals surface area contributed by atoms with E-state index in [1.165, 1.54) is 22.3 Å². The number of para-hydroxylation sites is 2. The van der Waals surface area contributed by atoms with Gasteiger partial charge in [0.15, 0.2) is 0 Å². The molecule has 0 aliphatic carbocycles. The molecule has 2 aliphatic heterocycles. The zero-order valence-electron chi connectivity index (χ0n) is 28.6. The molecule has 2 aliphatic rings. The molecule has 0 spiro atoms. The third-order valence-corrected chi connectivity index (χ3v) is 6.60. The first-order valence-electron chi connectivity index (χ1n) is 16.5. The van der Waals surface area contributed by atoms with Gasteiger partial charge >= 0.3 is 12.1 Å². The van der Waals surface area contributed by atoms with Gasteiger partial charge in [-0.3, -0.25) is 0 Å². The molecule has 2 N–H and O–H groups in total. The molecule has 0 bridgehead atoms. The van der Waals surface area contributed by atoms with Crippen LogP contribution in [0.15, 0.2) is 109 Å². The fraction of sp³-hybridized carbons (Fsp3) is 0.333. The zero-order chi connectivity index (χ0) is 33.5. The van der Waals surface area contributed by atoms with Crippen LogP contribution in [0.2, 0.25) is 0 Å². The normalized spacial score (nSPS) is 11.6. The molecule has 4 aromatic carbocycles. The van der Waals surface area contributed by atoms with E-state index in [4.69, 9.17) is 0 Å². The van der Waals surface area contributed by atoms with Gasteiger partial charge in [-0.2, -0.15) is 0 Å². The molecule has 0 saturated heterocycles. The van der Waals surface area contributed by atoms with E-state index in [0.717, 1.165) is 24.3 Å². The largest absolute Gasteiger partial charge is 0.322 e. The number of carbonyl (C=O) groups excluding carboxylic acids is 2. The van der Waals surface area contributed by atoms with E-state index in [1.807, 2.05) is 144 Å². The van der Waals surface area contributed by atoms with Crippen LogP contribution in [0.3, 0.4) is 0 Å². The smallest absolute Gasteiger partial charge is 0.320 e. The van der Waals surface area contributed by atoms with Gasteiger partial charge in [-0.05, 0) is 52.9 Å². The fourth-order valence-corrected chi connectivity index (χ4v) is 4.59. The number of hydrogen-bond donors (Lipinski definition) is 2. The maximum Gasteiger partial charge on any atom is 0.322 e. The van der Waals surface area contributed by atoms with Crippen LogP contribution >= 0.6 is 0 Å².